The summed E-state index contributed by atoms with van der Waals surface area (Å²) < 4.78 is 47.0. The third-order valence-corrected chi connectivity index (χ3v) is 6.32. The van der Waals surface area contributed by atoms with Crippen molar-refractivity contribution >= 4 is 5.91 Å². The molecule has 2 aliphatic rings. The van der Waals surface area contributed by atoms with E-state index in [1.807, 2.05) is 0 Å². The van der Waals surface area contributed by atoms with Gasteiger partial charge in [0.2, 0.25) is 5.91 Å². The molecule has 1 amide bonds. The normalized spacial score (nSPS) is 20.6. The van der Waals surface area contributed by atoms with Gasteiger partial charge < -0.3 is 20.5 Å². The molecule has 2 aromatic rings. The summed E-state index contributed by atoms with van der Waals surface area (Å²) in [6.45, 7) is 1.45. The van der Waals surface area contributed by atoms with Crippen molar-refractivity contribution in [3.63, 3.8) is 0 Å². The molecule has 0 bridgehead atoms. The van der Waals surface area contributed by atoms with Gasteiger partial charge in [0.15, 0.2) is 0 Å². The number of nitrogens with one attached hydrogen (secondary N) is 2. The molecule has 172 valence electrons. The lowest BCUT2D eigenvalue weighted by Crippen LogP contribution is -2.52. The SMILES string of the molecule is CC(=O)N[C@@H](Cc1cc(F)cc(F)c1)[C@H](O)CN[C@H]1CC2(CCC2)Oc2cc(F)ccc21. The summed E-state index contributed by atoms with van der Waals surface area (Å²) in [7, 11) is 0. The van der Waals surface area contributed by atoms with Crippen LogP contribution in [-0.2, 0) is 11.2 Å². The van der Waals surface area contributed by atoms with Gasteiger partial charge in [-0.1, -0.05) is 6.07 Å². The van der Waals surface area contributed by atoms with Crippen LogP contribution in [0.3, 0.4) is 0 Å². The topological polar surface area (TPSA) is 70.6 Å². The van der Waals surface area contributed by atoms with E-state index in [-0.39, 0.29) is 36.3 Å². The maximum absolute atomic E-state index is 13.8. The molecule has 1 spiro atoms. The Kier molecular flexibility index (Phi) is 6.44. The van der Waals surface area contributed by atoms with Crippen molar-refractivity contribution in [2.75, 3.05) is 6.54 Å². The third kappa shape index (κ3) is 5.07. The second-order valence-electron chi connectivity index (χ2n) is 8.84. The molecule has 1 aliphatic heterocycles. The van der Waals surface area contributed by atoms with Crippen molar-refractivity contribution in [1.29, 1.82) is 0 Å². The fraction of sp³-hybridized carbons (Fsp3) is 0.458. The van der Waals surface area contributed by atoms with Crippen LogP contribution < -0.4 is 15.4 Å². The van der Waals surface area contributed by atoms with Gasteiger partial charge in [0.25, 0.3) is 0 Å². The van der Waals surface area contributed by atoms with Crippen LogP contribution in [0, 0.1) is 17.5 Å². The number of carbonyl (C=O) groups excluding carboxylic acids is 1. The summed E-state index contributed by atoms with van der Waals surface area (Å²) in [5, 5.41) is 16.8. The van der Waals surface area contributed by atoms with Gasteiger partial charge in [0.05, 0.1) is 12.1 Å². The van der Waals surface area contributed by atoms with Crippen molar-refractivity contribution < 1.29 is 27.8 Å². The first-order valence-corrected chi connectivity index (χ1v) is 10.8. The van der Waals surface area contributed by atoms with E-state index in [2.05, 4.69) is 10.6 Å². The highest BCUT2D eigenvalue weighted by Gasteiger charge is 2.45. The van der Waals surface area contributed by atoms with E-state index < -0.39 is 23.8 Å². The number of hydrogen-bond donors (Lipinski definition) is 3. The van der Waals surface area contributed by atoms with Crippen molar-refractivity contribution in [3.05, 3.63) is 65.0 Å². The minimum absolute atomic E-state index is 0.0661. The Labute approximate surface area is 185 Å². The lowest BCUT2D eigenvalue weighted by molar-refractivity contribution is -0.120. The van der Waals surface area contributed by atoms with Gasteiger partial charge in [-0.2, -0.15) is 0 Å². The summed E-state index contributed by atoms with van der Waals surface area (Å²) in [6, 6.07) is 6.69. The number of amides is 1. The van der Waals surface area contributed by atoms with Gasteiger partial charge in [-0.05, 0) is 49.4 Å². The predicted octanol–water partition coefficient (Wildman–Crippen LogP) is 3.55. The van der Waals surface area contributed by atoms with Crippen LogP contribution in [0.2, 0.25) is 0 Å². The van der Waals surface area contributed by atoms with Crippen LogP contribution in [0.5, 0.6) is 5.75 Å². The second kappa shape index (κ2) is 9.11. The first-order chi connectivity index (χ1) is 15.2. The minimum atomic E-state index is -1.02. The third-order valence-electron chi connectivity index (χ3n) is 6.32. The van der Waals surface area contributed by atoms with E-state index in [9.17, 15) is 23.1 Å². The standard InChI is InChI=1S/C24H27F3N2O3/c1-14(30)29-20(9-15-7-17(26)10-18(27)8-15)22(31)13-28-21-12-24(5-2-6-24)32-23-11-16(25)3-4-19(21)23/h3-4,7-8,10-11,20-22,28,31H,2,5-6,9,12-13H2,1H3,(H,29,30)/t20-,21-,22+/m0/s1. The monoisotopic (exact) mass is 448 g/mol. The molecule has 1 saturated carbocycles. The Balaban J connectivity index is 1.47. The molecule has 0 radical (unpaired) electrons. The van der Waals surface area contributed by atoms with E-state index in [4.69, 9.17) is 4.74 Å². The summed E-state index contributed by atoms with van der Waals surface area (Å²) >= 11 is 0. The lowest BCUT2D eigenvalue weighted by Gasteiger charge is -2.48. The molecule has 1 fully saturated rings. The molecular formula is C24H27F3N2O3. The van der Waals surface area contributed by atoms with E-state index in [0.29, 0.717) is 17.7 Å². The Morgan fingerprint density at radius 3 is 2.50 bits per heavy atom. The molecular weight excluding hydrogens is 421 g/mol. The van der Waals surface area contributed by atoms with Crippen molar-refractivity contribution in [1.82, 2.24) is 10.6 Å². The van der Waals surface area contributed by atoms with Gasteiger partial charge in [-0.25, -0.2) is 13.2 Å². The molecule has 1 aliphatic carbocycles. The molecule has 32 heavy (non-hydrogen) atoms. The average molecular weight is 448 g/mol. The fourth-order valence-electron chi connectivity index (χ4n) is 4.63. The Morgan fingerprint density at radius 2 is 1.88 bits per heavy atom. The first-order valence-electron chi connectivity index (χ1n) is 10.8. The van der Waals surface area contributed by atoms with E-state index in [1.54, 1.807) is 6.07 Å². The number of benzene rings is 2. The molecule has 0 aromatic heterocycles. The molecule has 8 heteroatoms. The van der Waals surface area contributed by atoms with Crippen LogP contribution in [0.15, 0.2) is 36.4 Å². The van der Waals surface area contributed by atoms with Crippen molar-refractivity contribution in [2.24, 2.45) is 0 Å². The number of ether oxygens (including phenoxy) is 1. The predicted molar refractivity (Wildman–Crippen MR) is 113 cm³/mol. The van der Waals surface area contributed by atoms with Gasteiger partial charge >= 0.3 is 0 Å². The molecule has 4 rings (SSSR count). The highest BCUT2D eigenvalue weighted by molar-refractivity contribution is 5.73. The molecule has 0 saturated heterocycles. The second-order valence-corrected chi connectivity index (χ2v) is 8.84. The molecule has 3 N–H and O–H groups in total. The minimum Gasteiger partial charge on any atom is -0.487 e. The number of rotatable bonds is 7. The Hall–Kier alpha value is -2.58. The Morgan fingerprint density at radius 1 is 1.16 bits per heavy atom. The zero-order valence-electron chi connectivity index (χ0n) is 17.8. The van der Waals surface area contributed by atoms with Crippen LogP contribution in [0.25, 0.3) is 0 Å². The van der Waals surface area contributed by atoms with E-state index in [0.717, 1.165) is 30.9 Å². The highest BCUT2D eigenvalue weighted by Crippen LogP contribution is 2.48. The summed E-state index contributed by atoms with van der Waals surface area (Å²) in [6.07, 6.45) is 2.57. The zero-order chi connectivity index (χ0) is 22.9. The number of aliphatic hydroxyl groups is 1. The fourth-order valence-corrected chi connectivity index (χ4v) is 4.63. The first kappa shape index (κ1) is 22.6. The maximum Gasteiger partial charge on any atom is 0.217 e. The van der Waals surface area contributed by atoms with Crippen LogP contribution >= 0.6 is 0 Å². The van der Waals surface area contributed by atoms with Crippen molar-refractivity contribution in [2.45, 2.75) is 62.8 Å². The molecule has 5 nitrogen and oxygen atoms in total. The number of hydrogen-bond acceptors (Lipinski definition) is 4. The molecule has 0 unspecified atom stereocenters. The van der Waals surface area contributed by atoms with E-state index in [1.165, 1.54) is 31.2 Å². The maximum atomic E-state index is 13.8. The highest BCUT2D eigenvalue weighted by atomic mass is 19.1. The number of aliphatic hydroxyl groups excluding tert-OH is 1. The van der Waals surface area contributed by atoms with Gasteiger partial charge in [0.1, 0.15) is 28.8 Å². The summed E-state index contributed by atoms with van der Waals surface area (Å²) in [5.41, 5.74) is 0.833. The average Bonchev–Trinajstić information content (AvgIpc) is 2.68. The molecule has 3 atom stereocenters. The smallest absolute Gasteiger partial charge is 0.217 e. The summed E-state index contributed by atoms with van der Waals surface area (Å²) in [5.74, 6) is -1.65. The van der Waals surface area contributed by atoms with E-state index >= 15 is 0 Å². The van der Waals surface area contributed by atoms with Gasteiger partial charge in [-0.3, -0.25) is 4.79 Å². The zero-order valence-corrected chi connectivity index (χ0v) is 17.8. The number of halogens is 3. The van der Waals surface area contributed by atoms with Crippen LogP contribution in [0.1, 0.15) is 49.8 Å². The summed E-state index contributed by atoms with van der Waals surface area (Å²) in [4.78, 5) is 11.7. The largest absolute Gasteiger partial charge is 0.487 e. The molecule has 1 heterocycles. The van der Waals surface area contributed by atoms with Crippen LogP contribution in [-0.4, -0.2) is 35.3 Å². The quantitative estimate of drug-likeness (QED) is 0.606. The molecule has 2 aromatic carbocycles. The number of carbonyl (C=O) groups is 1. The van der Waals surface area contributed by atoms with Gasteiger partial charge in [0, 0.05) is 43.6 Å². The van der Waals surface area contributed by atoms with Crippen molar-refractivity contribution in [3.8, 4) is 5.75 Å². The van der Waals surface area contributed by atoms with Crippen LogP contribution in [0.4, 0.5) is 13.2 Å². The lowest BCUT2D eigenvalue weighted by atomic mass is 9.73. The van der Waals surface area contributed by atoms with Gasteiger partial charge in [-0.15, -0.1) is 0 Å². The number of fused-ring (bicyclic) bond motifs is 1. The Bertz CT molecular complexity index is 976.